The van der Waals surface area contributed by atoms with Crippen LogP contribution in [-0.2, 0) is 4.74 Å². The van der Waals surface area contributed by atoms with Crippen molar-refractivity contribution in [3.63, 3.8) is 0 Å². The summed E-state index contributed by atoms with van der Waals surface area (Å²) in [5.74, 6) is 4.14. The van der Waals surface area contributed by atoms with Gasteiger partial charge in [0.2, 0.25) is 0 Å². The van der Waals surface area contributed by atoms with Gasteiger partial charge in [-0.25, -0.2) is 4.39 Å². The van der Waals surface area contributed by atoms with Crippen molar-refractivity contribution in [3.8, 4) is 0 Å². The van der Waals surface area contributed by atoms with Gasteiger partial charge in [-0.15, -0.1) is 0 Å². The second-order valence-corrected chi connectivity index (χ2v) is 8.24. The average molecular weight is 328 g/mol. The first kappa shape index (κ1) is 16.2. The van der Waals surface area contributed by atoms with Gasteiger partial charge in [-0.1, -0.05) is 18.7 Å². The Morgan fingerprint density at radius 2 is 1.29 bits per heavy atom. The van der Waals surface area contributed by atoms with Gasteiger partial charge in [0.15, 0.2) is 0 Å². The van der Waals surface area contributed by atoms with E-state index in [1.807, 2.05) is 12.1 Å². The maximum absolute atomic E-state index is 13.1. The summed E-state index contributed by atoms with van der Waals surface area (Å²) in [6, 6.07) is 7.19. The molecule has 1 aromatic carbocycles. The molecule has 2 heteroatoms. The third-order valence-corrected chi connectivity index (χ3v) is 6.87. The van der Waals surface area contributed by atoms with E-state index in [2.05, 4.69) is 6.58 Å². The van der Waals surface area contributed by atoms with Crippen LogP contribution < -0.4 is 0 Å². The lowest BCUT2D eigenvalue weighted by Crippen LogP contribution is -2.36. The van der Waals surface area contributed by atoms with Gasteiger partial charge in [0.1, 0.15) is 11.9 Å². The summed E-state index contributed by atoms with van der Waals surface area (Å²) in [6.07, 6.45) is 12.3. The molecular weight excluding hydrogens is 299 g/mol. The molecule has 1 aliphatic heterocycles. The predicted molar refractivity (Wildman–Crippen MR) is 95.2 cm³/mol. The SMILES string of the molecule is C=C1CC(C2CCC(C3CCC(c4ccc(F)cc4)CC3)CC2)O1. The standard InChI is InChI=1S/C22H29FO/c1-15-14-22(24-15)20-8-6-18(7-9-20)16-2-4-17(5-3-16)19-10-12-21(23)13-11-19/h10-13,16-18,20,22H,1-9,14H2. The fraction of sp³-hybridized carbons (Fsp3) is 0.636. The Kier molecular flexibility index (Phi) is 4.65. The topological polar surface area (TPSA) is 9.23 Å². The summed E-state index contributed by atoms with van der Waals surface area (Å²) in [6.45, 7) is 3.89. The van der Waals surface area contributed by atoms with Crippen LogP contribution in [0.15, 0.2) is 36.6 Å². The first-order valence-electron chi connectivity index (χ1n) is 9.79. The Balaban J connectivity index is 1.24. The molecular formula is C22H29FO. The van der Waals surface area contributed by atoms with Crippen LogP contribution in [-0.4, -0.2) is 6.10 Å². The van der Waals surface area contributed by atoms with Crippen LogP contribution in [0.5, 0.6) is 0 Å². The monoisotopic (exact) mass is 328 g/mol. The van der Waals surface area contributed by atoms with E-state index in [-0.39, 0.29) is 5.82 Å². The molecule has 1 heterocycles. The molecule has 2 aliphatic carbocycles. The van der Waals surface area contributed by atoms with Crippen molar-refractivity contribution in [2.24, 2.45) is 17.8 Å². The van der Waals surface area contributed by atoms with Crippen molar-refractivity contribution in [1.82, 2.24) is 0 Å². The van der Waals surface area contributed by atoms with Gasteiger partial charge in [0, 0.05) is 6.42 Å². The Morgan fingerprint density at radius 3 is 1.83 bits per heavy atom. The minimum atomic E-state index is -0.122. The third-order valence-electron chi connectivity index (χ3n) is 6.87. The molecule has 1 nitrogen and oxygen atoms in total. The maximum atomic E-state index is 13.1. The molecule has 0 aromatic heterocycles. The Morgan fingerprint density at radius 1 is 0.792 bits per heavy atom. The molecule has 4 rings (SSSR count). The number of hydrogen-bond donors (Lipinski definition) is 0. The summed E-state index contributed by atoms with van der Waals surface area (Å²) in [5, 5.41) is 0. The fourth-order valence-electron chi connectivity index (χ4n) is 5.34. The van der Waals surface area contributed by atoms with Crippen LogP contribution in [0, 0.1) is 23.6 Å². The summed E-state index contributed by atoms with van der Waals surface area (Å²) in [4.78, 5) is 0. The lowest BCUT2D eigenvalue weighted by Gasteiger charge is -2.42. The van der Waals surface area contributed by atoms with Crippen molar-refractivity contribution in [2.75, 3.05) is 0 Å². The number of benzene rings is 1. The van der Waals surface area contributed by atoms with E-state index in [4.69, 9.17) is 4.74 Å². The smallest absolute Gasteiger partial charge is 0.123 e. The zero-order valence-corrected chi connectivity index (χ0v) is 14.6. The highest BCUT2D eigenvalue weighted by Crippen LogP contribution is 2.46. The lowest BCUT2D eigenvalue weighted by molar-refractivity contribution is -0.0397. The van der Waals surface area contributed by atoms with Crippen LogP contribution in [0.2, 0.25) is 0 Å². The van der Waals surface area contributed by atoms with Gasteiger partial charge in [-0.05, 0) is 92.7 Å². The van der Waals surface area contributed by atoms with E-state index in [1.165, 1.54) is 56.9 Å². The number of hydrogen-bond acceptors (Lipinski definition) is 1. The van der Waals surface area contributed by atoms with Crippen molar-refractivity contribution in [3.05, 3.63) is 48.0 Å². The van der Waals surface area contributed by atoms with E-state index in [1.54, 1.807) is 12.1 Å². The Labute approximate surface area is 145 Å². The number of rotatable bonds is 3. The van der Waals surface area contributed by atoms with Gasteiger partial charge < -0.3 is 4.74 Å². The molecule has 1 unspecified atom stereocenters. The molecule has 0 N–H and O–H groups in total. The molecule has 0 radical (unpaired) electrons. The molecule has 0 bridgehead atoms. The highest BCUT2D eigenvalue weighted by atomic mass is 19.1. The number of halogens is 1. The minimum absolute atomic E-state index is 0.122. The second kappa shape index (κ2) is 6.90. The molecule has 3 aliphatic rings. The van der Waals surface area contributed by atoms with Crippen molar-refractivity contribution < 1.29 is 9.13 Å². The summed E-state index contributed by atoms with van der Waals surface area (Å²) in [5.41, 5.74) is 1.33. The zero-order valence-electron chi connectivity index (χ0n) is 14.6. The van der Waals surface area contributed by atoms with E-state index in [9.17, 15) is 4.39 Å². The molecule has 1 atom stereocenters. The highest BCUT2D eigenvalue weighted by molar-refractivity contribution is 5.21. The quantitative estimate of drug-likeness (QED) is 0.641. The third kappa shape index (κ3) is 3.38. The van der Waals surface area contributed by atoms with E-state index >= 15 is 0 Å². The largest absolute Gasteiger partial charge is 0.494 e. The molecule has 2 saturated carbocycles. The number of ether oxygens (including phenoxy) is 1. The first-order valence-corrected chi connectivity index (χ1v) is 9.79. The van der Waals surface area contributed by atoms with Gasteiger partial charge >= 0.3 is 0 Å². The molecule has 1 aromatic rings. The summed E-state index contributed by atoms with van der Waals surface area (Å²) < 4.78 is 18.8. The minimum Gasteiger partial charge on any atom is -0.494 e. The van der Waals surface area contributed by atoms with E-state index < -0.39 is 0 Å². The van der Waals surface area contributed by atoms with Crippen LogP contribution >= 0.6 is 0 Å². The average Bonchev–Trinajstić information content (AvgIpc) is 2.60. The zero-order chi connectivity index (χ0) is 16.5. The normalized spacial score (nSPS) is 36.7. The molecule has 0 spiro atoms. The summed E-state index contributed by atoms with van der Waals surface area (Å²) in [7, 11) is 0. The van der Waals surface area contributed by atoms with Gasteiger partial charge in [0.05, 0.1) is 5.76 Å². The van der Waals surface area contributed by atoms with Crippen molar-refractivity contribution >= 4 is 0 Å². The van der Waals surface area contributed by atoms with Crippen LogP contribution in [0.4, 0.5) is 4.39 Å². The lowest BCUT2D eigenvalue weighted by atomic mass is 9.67. The van der Waals surface area contributed by atoms with Gasteiger partial charge in [-0.3, -0.25) is 0 Å². The molecule has 1 saturated heterocycles. The van der Waals surface area contributed by atoms with Crippen molar-refractivity contribution in [1.29, 1.82) is 0 Å². The Bertz CT molecular complexity index is 554. The summed E-state index contributed by atoms with van der Waals surface area (Å²) >= 11 is 0. The van der Waals surface area contributed by atoms with Crippen LogP contribution in [0.1, 0.15) is 69.3 Å². The van der Waals surface area contributed by atoms with Crippen LogP contribution in [0.3, 0.4) is 0 Å². The van der Waals surface area contributed by atoms with E-state index in [0.717, 1.165) is 29.9 Å². The predicted octanol–water partition coefficient (Wildman–Crippen LogP) is 6.21. The van der Waals surface area contributed by atoms with Crippen molar-refractivity contribution in [2.45, 2.75) is 69.8 Å². The molecule has 0 amide bonds. The molecule has 130 valence electrons. The Hall–Kier alpha value is -1.31. The maximum Gasteiger partial charge on any atom is 0.123 e. The molecule has 3 fully saturated rings. The van der Waals surface area contributed by atoms with Crippen LogP contribution in [0.25, 0.3) is 0 Å². The van der Waals surface area contributed by atoms with Gasteiger partial charge in [0.25, 0.3) is 0 Å². The van der Waals surface area contributed by atoms with Gasteiger partial charge in [-0.2, -0.15) is 0 Å². The fourth-order valence-corrected chi connectivity index (χ4v) is 5.34. The second-order valence-electron chi connectivity index (χ2n) is 8.24. The first-order chi connectivity index (χ1) is 11.7. The van der Waals surface area contributed by atoms with E-state index in [0.29, 0.717) is 12.0 Å². The molecule has 24 heavy (non-hydrogen) atoms. The highest BCUT2D eigenvalue weighted by Gasteiger charge is 2.37.